The largest absolute Gasteiger partial charge is 0.393 e. The van der Waals surface area contributed by atoms with Crippen molar-refractivity contribution in [3.63, 3.8) is 0 Å². The zero-order valence-electron chi connectivity index (χ0n) is 10.1. The molecule has 1 aromatic rings. The summed E-state index contributed by atoms with van der Waals surface area (Å²) in [6.45, 7) is 2.14. The van der Waals surface area contributed by atoms with Gasteiger partial charge in [0.15, 0.2) is 5.82 Å². The lowest BCUT2D eigenvalue weighted by atomic mass is 9.96. The molecule has 0 saturated heterocycles. The Morgan fingerprint density at radius 1 is 1.47 bits per heavy atom. The average Bonchev–Trinajstić information content (AvgIpc) is 2.29. The molecule has 1 atom stereocenters. The molecule has 92 valence electrons. The van der Waals surface area contributed by atoms with Crippen molar-refractivity contribution >= 4 is 18.2 Å². The molecular weight excluding hydrogens is 232 g/mol. The van der Waals surface area contributed by atoms with Crippen LogP contribution >= 0.6 is 12.6 Å². The molecule has 4 heteroatoms. The first-order chi connectivity index (χ1) is 8.19. The molecular formula is C13H18N2OS. The summed E-state index contributed by atoms with van der Waals surface area (Å²) in [4.78, 5) is 8.93. The van der Waals surface area contributed by atoms with Crippen LogP contribution in [0, 0.1) is 0 Å². The van der Waals surface area contributed by atoms with E-state index in [1.165, 1.54) is 0 Å². The molecule has 2 rings (SSSR count). The highest BCUT2D eigenvalue weighted by atomic mass is 32.1. The number of aromatic nitrogens is 2. The second-order valence-corrected chi connectivity index (χ2v) is 4.91. The molecule has 1 aliphatic rings. The van der Waals surface area contributed by atoms with Gasteiger partial charge in [-0.05, 0) is 37.3 Å². The normalized spacial score (nSPS) is 20.2. The molecule has 1 aromatic heterocycles. The van der Waals surface area contributed by atoms with E-state index >= 15 is 0 Å². The lowest BCUT2D eigenvalue weighted by molar-refractivity contribution is 0.166. The third kappa shape index (κ3) is 3.30. The summed E-state index contributed by atoms with van der Waals surface area (Å²) in [5, 5.41) is 10.2. The summed E-state index contributed by atoms with van der Waals surface area (Å²) >= 11 is 4.33. The summed E-state index contributed by atoms with van der Waals surface area (Å²) in [6.07, 6.45) is 6.23. The Bertz CT molecular complexity index is 431. The monoisotopic (exact) mass is 250 g/mol. The minimum Gasteiger partial charge on any atom is -0.393 e. The molecule has 1 aliphatic carbocycles. The van der Waals surface area contributed by atoms with Crippen LogP contribution in [0.3, 0.4) is 0 Å². The van der Waals surface area contributed by atoms with E-state index in [-0.39, 0.29) is 6.10 Å². The Labute approximate surface area is 107 Å². The summed E-state index contributed by atoms with van der Waals surface area (Å²) in [5.41, 5.74) is 2.19. The van der Waals surface area contributed by atoms with Gasteiger partial charge in [-0.15, -0.1) is 12.6 Å². The highest BCUT2D eigenvalue weighted by molar-refractivity contribution is 7.80. The van der Waals surface area contributed by atoms with Crippen LogP contribution in [-0.4, -0.2) is 21.2 Å². The first-order valence-electron chi connectivity index (χ1n) is 6.13. The Balaban J connectivity index is 2.25. The SMILES string of the molecule is CCCc1cc(S)nc(C2=CCC(O)CC2)n1. The molecule has 0 radical (unpaired) electrons. The van der Waals surface area contributed by atoms with E-state index in [1.807, 2.05) is 12.1 Å². The second kappa shape index (κ2) is 5.65. The average molecular weight is 250 g/mol. The molecule has 1 N–H and O–H groups in total. The van der Waals surface area contributed by atoms with Gasteiger partial charge in [-0.25, -0.2) is 9.97 Å². The van der Waals surface area contributed by atoms with Crippen molar-refractivity contribution in [2.75, 3.05) is 0 Å². The van der Waals surface area contributed by atoms with Crippen molar-refractivity contribution in [3.05, 3.63) is 23.7 Å². The van der Waals surface area contributed by atoms with Gasteiger partial charge >= 0.3 is 0 Å². The molecule has 0 spiro atoms. The summed E-state index contributed by atoms with van der Waals surface area (Å²) < 4.78 is 0. The van der Waals surface area contributed by atoms with Gasteiger partial charge in [-0.3, -0.25) is 0 Å². The quantitative estimate of drug-likeness (QED) is 0.640. The Kier molecular flexibility index (Phi) is 4.18. The first kappa shape index (κ1) is 12.6. The van der Waals surface area contributed by atoms with Gasteiger partial charge in [0.25, 0.3) is 0 Å². The molecule has 0 bridgehead atoms. The number of hydrogen-bond donors (Lipinski definition) is 2. The number of hydrogen-bond acceptors (Lipinski definition) is 4. The van der Waals surface area contributed by atoms with E-state index in [0.29, 0.717) is 6.42 Å². The van der Waals surface area contributed by atoms with Crippen LogP contribution < -0.4 is 0 Å². The van der Waals surface area contributed by atoms with Gasteiger partial charge in [0.05, 0.1) is 11.1 Å². The topological polar surface area (TPSA) is 46.0 Å². The maximum absolute atomic E-state index is 9.47. The Morgan fingerprint density at radius 2 is 2.29 bits per heavy atom. The third-order valence-corrected chi connectivity index (χ3v) is 3.17. The van der Waals surface area contributed by atoms with Gasteiger partial charge in [-0.1, -0.05) is 19.4 Å². The lowest BCUT2D eigenvalue weighted by Crippen LogP contribution is -2.11. The van der Waals surface area contributed by atoms with E-state index in [2.05, 4.69) is 29.5 Å². The van der Waals surface area contributed by atoms with Crippen molar-refractivity contribution in [2.24, 2.45) is 0 Å². The summed E-state index contributed by atoms with van der Waals surface area (Å²) in [7, 11) is 0. The number of aliphatic hydroxyl groups excluding tert-OH is 1. The van der Waals surface area contributed by atoms with E-state index < -0.39 is 0 Å². The lowest BCUT2D eigenvalue weighted by Gasteiger charge is -2.17. The van der Waals surface area contributed by atoms with Crippen LogP contribution in [0.25, 0.3) is 5.57 Å². The summed E-state index contributed by atoms with van der Waals surface area (Å²) in [5.74, 6) is 0.785. The predicted molar refractivity (Wildman–Crippen MR) is 71.1 cm³/mol. The smallest absolute Gasteiger partial charge is 0.156 e. The van der Waals surface area contributed by atoms with Crippen LogP contribution in [0.5, 0.6) is 0 Å². The molecule has 0 fully saturated rings. The van der Waals surface area contributed by atoms with Crippen LogP contribution in [0.2, 0.25) is 0 Å². The first-order valence-corrected chi connectivity index (χ1v) is 6.58. The molecule has 17 heavy (non-hydrogen) atoms. The fourth-order valence-electron chi connectivity index (χ4n) is 2.03. The van der Waals surface area contributed by atoms with Crippen molar-refractivity contribution in [1.82, 2.24) is 9.97 Å². The molecule has 3 nitrogen and oxygen atoms in total. The van der Waals surface area contributed by atoms with Crippen LogP contribution in [0.15, 0.2) is 17.2 Å². The predicted octanol–water partition coefficient (Wildman–Crippen LogP) is 2.65. The third-order valence-electron chi connectivity index (χ3n) is 2.94. The molecule has 1 heterocycles. The van der Waals surface area contributed by atoms with Gasteiger partial charge in [-0.2, -0.15) is 0 Å². The molecule has 0 saturated carbocycles. The van der Waals surface area contributed by atoms with Crippen molar-refractivity contribution < 1.29 is 5.11 Å². The standard InChI is InChI=1S/C13H18N2OS/c1-2-3-10-8-12(17)15-13(14-10)9-4-6-11(16)7-5-9/h4,8,11,16H,2-3,5-7H2,1H3,(H,14,15,17). The van der Waals surface area contributed by atoms with Crippen LogP contribution in [0.1, 0.15) is 44.1 Å². The highest BCUT2D eigenvalue weighted by Gasteiger charge is 2.15. The fourth-order valence-corrected chi connectivity index (χ4v) is 2.28. The van der Waals surface area contributed by atoms with Crippen molar-refractivity contribution in [1.29, 1.82) is 0 Å². The van der Waals surface area contributed by atoms with E-state index in [1.54, 1.807) is 0 Å². The van der Waals surface area contributed by atoms with Crippen LogP contribution in [0.4, 0.5) is 0 Å². The molecule has 0 amide bonds. The number of rotatable bonds is 3. The fraction of sp³-hybridized carbons (Fsp3) is 0.538. The molecule has 0 aromatic carbocycles. The minimum absolute atomic E-state index is 0.201. The number of aryl methyl sites for hydroxylation is 1. The van der Waals surface area contributed by atoms with Gasteiger partial charge in [0.2, 0.25) is 0 Å². The van der Waals surface area contributed by atoms with E-state index in [0.717, 1.165) is 47.8 Å². The maximum Gasteiger partial charge on any atom is 0.156 e. The van der Waals surface area contributed by atoms with E-state index in [9.17, 15) is 5.11 Å². The zero-order chi connectivity index (χ0) is 12.3. The van der Waals surface area contributed by atoms with Gasteiger partial charge in [0.1, 0.15) is 0 Å². The summed E-state index contributed by atoms with van der Waals surface area (Å²) in [6, 6.07) is 1.92. The Hall–Kier alpha value is -0.870. The van der Waals surface area contributed by atoms with E-state index in [4.69, 9.17) is 0 Å². The molecule has 0 aliphatic heterocycles. The number of aliphatic hydroxyl groups is 1. The van der Waals surface area contributed by atoms with Crippen LogP contribution in [-0.2, 0) is 6.42 Å². The highest BCUT2D eigenvalue weighted by Crippen LogP contribution is 2.25. The van der Waals surface area contributed by atoms with Crippen molar-refractivity contribution in [3.8, 4) is 0 Å². The number of nitrogens with zero attached hydrogens (tertiary/aromatic N) is 2. The Morgan fingerprint density at radius 3 is 2.94 bits per heavy atom. The minimum atomic E-state index is -0.201. The van der Waals surface area contributed by atoms with Gasteiger partial charge in [0, 0.05) is 5.69 Å². The second-order valence-electron chi connectivity index (χ2n) is 4.45. The van der Waals surface area contributed by atoms with Crippen molar-refractivity contribution in [2.45, 2.75) is 50.2 Å². The number of allylic oxidation sites excluding steroid dienone is 1. The van der Waals surface area contributed by atoms with Gasteiger partial charge < -0.3 is 5.11 Å². The molecule has 1 unspecified atom stereocenters. The zero-order valence-corrected chi connectivity index (χ0v) is 11.0. The maximum atomic E-state index is 9.47. The number of thiol groups is 1.